The third-order valence-electron chi connectivity index (χ3n) is 1.61. The summed E-state index contributed by atoms with van der Waals surface area (Å²) in [6.07, 6.45) is -0.155. The monoisotopic (exact) mass is 208 g/mol. The van der Waals surface area contributed by atoms with Crippen molar-refractivity contribution in [1.29, 1.82) is 0 Å². The maximum Gasteiger partial charge on any atom is 0.173 e. The van der Waals surface area contributed by atoms with Crippen LogP contribution in [0, 0.1) is 0 Å². The molecule has 0 amide bonds. The predicted molar refractivity (Wildman–Crippen MR) is 59.1 cm³/mol. The summed E-state index contributed by atoms with van der Waals surface area (Å²) >= 11 is 0. The van der Waals surface area contributed by atoms with Crippen molar-refractivity contribution in [2.45, 2.75) is 27.2 Å². The average Bonchev–Trinajstić information content (AvgIpc) is 2.20. The minimum Gasteiger partial charge on any atom is -0.507 e. The molecule has 0 unspecified atom stereocenters. The molecule has 0 bridgehead atoms. The van der Waals surface area contributed by atoms with Gasteiger partial charge >= 0.3 is 0 Å². The lowest BCUT2D eigenvalue weighted by Gasteiger charge is -2.00. The van der Waals surface area contributed by atoms with E-state index in [1.807, 2.05) is 13.8 Å². The topological polar surface area (TPSA) is 54.4 Å². The zero-order valence-electron chi connectivity index (χ0n) is 9.28. The van der Waals surface area contributed by atoms with Crippen LogP contribution in [-0.2, 0) is 4.79 Å². The Morgan fingerprint density at radius 3 is 2.20 bits per heavy atom. The normalized spacial score (nSPS) is 8.73. The molecule has 0 radical (unpaired) electrons. The first-order chi connectivity index (χ1) is 7.11. The number of para-hydroxylation sites is 1. The number of carbonyl (C=O) groups is 2. The smallest absolute Gasteiger partial charge is 0.173 e. The molecule has 0 saturated heterocycles. The van der Waals surface area contributed by atoms with Crippen molar-refractivity contribution < 1.29 is 14.7 Å². The van der Waals surface area contributed by atoms with E-state index in [-0.39, 0.29) is 29.3 Å². The Kier molecular flexibility index (Phi) is 6.02. The summed E-state index contributed by atoms with van der Waals surface area (Å²) < 4.78 is 0. The number of Topliss-reactive ketones (excluding diaryl/α,β-unsaturated/α-hetero) is 2. The highest BCUT2D eigenvalue weighted by Gasteiger charge is 2.11. The zero-order valence-corrected chi connectivity index (χ0v) is 9.28. The average molecular weight is 208 g/mol. The van der Waals surface area contributed by atoms with Crippen molar-refractivity contribution in [1.82, 2.24) is 0 Å². The molecule has 0 heterocycles. The fraction of sp³-hybridized carbons (Fsp3) is 0.333. The van der Waals surface area contributed by atoms with Crippen LogP contribution in [0.5, 0.6) is 5.75 Å². The lowest BCUT2D eigenvalue weighted by Crippen LogP contribution is -2.04. The molecule has 1 N–H and O–H groups in total. The van der Waals surface area contributed by atoms with E-state index in [4.69, 9.17) is 0 Å². The van der Waals surface area contributed by atoms with Gasteiger partial charge in [-0.2, -0.15) is 0 Å². The molecule has 0 spiro atoms. The van der Waals surface area contributed by atoms with Gasteiger partial charge in [0, 0.05) is 0 Å². The van der Waals surface area contributed by atoms with Crippen LogP contribution in [0.4, 0.5) is 0 Å². The van der Waals surface area contributed by atoms with E-state index >= 15 is 0 Å². The number of benzene rings is 1. The van der Waals surface area contributed by atoms with Crippen molar-refractivity contribution in [2.75, 3.05) is 0 Å². The van der Waals surface area contributed by atoms with Crippen LogP contribution in [0.3, 0.4) is 0 Å². The minimum atomic E-state index is -0.342. The van der Waals surface area contributed by atoms with E-state index in [0.717, 1.165) is 0 Å². The molecule has 82 valence electrons. The lowest BCUT2D eigenvalue weighted by molar-refractivity contribution is -0.116. The summed E-state index contributed by atoms with van der Waals surface area (Å²) in [4.78, 5) is 21.9. The molecule has 1 rings (SSSR count). The Morgan fingerprint density at radius 1 is 1.20 bits per heavy atom. The van der Waals surface area contributed by atoms with Crippen molar-refractivity contribution in [3.05, 3.63) is 29.8 Å². The fourth-order valence-corrected chi connectivity index (χ4v) is 1.03. The number of hydrogen-bond acceptors (Lipinski definition) is 3. The third kappa shape index (κ3) is 4.40. The number of ketones is 2. The summed E-state index contributed by atoms with van der Waals surface area (Å²) in [5.41, 5.74) is 0.206. The standard InChI is InChI=1S/C10H10O3.C2H6/c1-7(11)6-10(13)8-4-2-3-5-9(8)12;1-2/h2-5,12H,6H2,1H3;1-2H3. The van der Waals surface area contributed by atoms with Gasteiger partial charge in [0.15, 0.2) is 5.78 Å². The quantitative estimate of drug-likeness (QED) is 0.613. The molecule has 1 aromatic carbocycles. The van der Waals surface area contributed by atoms with Gasteiger partial charge in [-0.25, -0.2) is 0 Å². The molecular weight excluding hydrogens is 192 g/mol. The van der Waals surface area contributed by atoms with E-state index in [0.29, 0.717) is 0 Å². The van der Waals surface area contributed by atoms with Gasteiger partial charge in [-0.3, -0.25) is 9.59 Å². The number of rotatable bonds is 3. The van der Waals surface area contributed by atoms with Gasteiger partial charge in [0.2, 0.25) is 0 Å². The van der Waals surface area contributed by atoms with Gasteiger partial charge in [0.25, 0.3) is 0 Å². The van der Waals surface area contributed by atoms with Crippen LogP contribution in [0.1, 0.15) is 37.6 Å². The first-order valence-electron chi connectivity index (χ1n) is 4.92. The van der Waals surface area contributed by atoms with Gasteiger partial charge in [-0.1, -0.05) is 26.0 Å². The minimum absolute atomic E-state index is 0.0752. The second-order valence-corrected chi connectivity index (χ2v) is 2.82. The largest absolute Gasteiger partial charge is 0.507 e. The van der Waals surface area contributed by atoms with Gasteiger partial charge in [-0.05, 0) is 19.1 Å². The summed E-state index contributed by atoms with van der Waals surface area (Å²) in [5, 5.41) is 9.26. The number of phenols is 1. The predicted octanol–water partition coefficient (Wildman–Crippen LogP) is 2.58. The maximum absolute atomic E-state index is 11.3. The highest BCUT2D eigenvalue weighted by atomic mass is 16.3. The third-order valence-corrected chi connectivity index (χ3v) is 1.61. The molecule has 0 aliphatic rings. The summed E-state index contributed by atoms with van der Waals surface area (Å²) in [5.74, 6) is -0.618. The maximum atomic E-state index is 11.3. The Balaban J connectivity index is 0.000000921. The highest BCUT2D eigenvalue weighted by molar-refractivity contribution is 6.08. The van der Waals surface area contributed by atoms with Crippen molar-refractivity contribution in [2.24, 2.45) is 0 Å². The Hall–Kier alpha value is -1.64. The first-order valence-corrected chi connectivity index (χ1v) is 4.92. The molecule has 3 heteroatoms. The van der Waals surface area contributed by atoms with E-state index < -0.39 is 0 Å². The molecule has 0 aliphatic carbocycles. The summed E-state index contributed by atoms with van der Waals surface area (Å²) in [6, 6.07) is 6.20. The van der Waals surface area contributed by atoms with Crippen LogP contribution >= 0.6 is 0 Å². The number of hydrogen-bond donors (Lipinski definition) is 1. The summed E-state index contributed by atoms with van der Waals surface area (Å²) in [7, 11) is 0. The molecule has 0 saturated carbocycles. The molecule has 0 aromatic heterocycles. The van der Waals surface area contributed by atoms with Gasteiger partial charge in [-0.15, -0.1) is 0 Å². The van der Waals surface area contributed by atoms with Crippen molar-refractivity contribution >= 4 is 11.6 Å². The van der Waals surface area contributed by atoms with Crippen LogP contribution in [0.15, 0.2) is 24.3 Å². The molecular formula is C12H16O3. The SMILES string of the molecule is CC.CC(=O)CC(=O)c1ccccc1O. The molecule has 1 aromatic rings. The first kappa shape index (κ1) is 13.4. The number of phenolic OH excluding ortho intramolecular Hbond substituents is 1. The van der Waals surface area contributed by atoms with E-state index in [1.54, 1.807) is 12.1 Å². The molecule has 0 aliphatic heterocycles. The van der Waals surface area contributed by atoms with E-state index in [9.17, 15) is 14.7 Å². The Bertz CT molecular complexity index is 342. The zero-order chi connectivity index (χ0) is 11.8. The van der Waals surface area contributed by atoms with Gasteiger partial charge in [0.05, 0.1) is 12.0 Å². The van der Waals surface area contributed by atoms with E-state index in [2.05, 4.69) is 0 Å². The molecule has 0 atom stereocenters. The molecule has 15 heavy (non-hydrogen) atoms. The van der Waals surface area contributed by atoms with E-state index in [1.165, 1.54) is 19.1 Å². The number of carbonyl (C=O) groups excluding carboxylic acids is 2. The fourth-order valence-electron chi connectivity index (χ4n) is 1.03. The van der Waals surface area contributed by atoms with Crippen LogP contribution in [0.25, 0.3) is 0 Å². The second-order valence-electron chi connectivity index (χ2n) is 2.82. The van der Waals surface area contributed by atoms with Crippen LogP contribution in [0.2, 0.25) is 0 Å². The lowest BCUT2D eigenvalue weighted by atomic mass is 10.1. The van der Waals surface area contributed by atoms with Crippen LogP contribution < -0.4 is 0 Å². The number of aromatic hydroxyl groups is 1. The van der Waals surface area contributed by atoms with Crippen molar-refractivity contribution in [3.63, 3.8) is 0 Å². The van der Waals surface area contributed by atoms with Crippen LogP contribution in [-0.4, -0.2) is 16.7 Å². The van der Waals surface area contributed by atoms with Crippen molar-refractivity contribution in [3.8, 4) is 5.75 Å². The van der Waals surface area contributed by atoms with Gasteiger partial charge in [0.1, 0.15) is 11.5 Å². The Morgan fingerprint density at radius 2 is 1.73 bits per heavy atom. The Labute approximate surface area is 89.7 Å². The summed E-state index contributed by atoms with van der Waals surface area (Å²) in [6.45, 7) is 5.35. The molecule has 0 fully saturated rings. The molecule has 3 nitrogen and oxygen atoms in total. The van der Waals surface area contributed by atoms with Gasteiger partial charge < -0.3 is 5.11 Å². The second kappa shape index (κ2) is 6.76. The highest BCUT2D eigenvalue weighted by Crippen LogP contribution is 2.17.